The second-order valence-corrected chi connectivity index (χ2v) is 4.43. The number of ether oxygens (including phenoxy) is 1. The highest BCUT2D eigenvalue weighted by molar-refractivity contribution is 5.40. The maximum absolute atomic E-state index is 9.43. The van der Waals surface area contributed by atoms with Crippen LogP contribution >= 0.6 is 0 Å². The number of aromatic nitrogens is 2. The van der Waals surface area contributed by atoms with E-state index in [1.807, 2.05) is 0 Å². The molecule has 2 rings (SSSR count). The fourth-order valence-corrected chi connectivity index (χ4v) is 1.75. The molecule has 7 nitrogen and oxygen atoms in total. The molecule has 0 saturated carbocycles. The summed E-state index contributed by atoms with van der Waals surface area (Å²) in [4.78, 5) is 4.19. The van der Waals surface area contributed by atoms with Crippen LogP contribution < -0.4 is 5.73 Å². The van der Waals surface area contributed by atoms with Crippen molar-refractivity contribution in [3.8, 4) is 11.5 Å². The Morgan fingerprint density at radius 2 is 2.15 bits per heavy atom. The molecule has 1 unspecified atom stereocenters. The van der Waals surface area contributed by atoms with Crippen LogP contribution in [0.5, 0.6) is 11.5 Å². The van der Waals surface area contributed by atoms with Gasteiger partial charge in [0.1, 0.15) is 0 Å². The van der Waals surface area contributed by atoms with E-state index in [0.717, 1.165) is 5.56 Å². The Hall–Kier alpha value is -2.12. The first kappa shape index (κ1) is 14.3. The summed E-state index contributed by atoms with van der Waals surface area (Å²) in [6.07, 6.45) is 0.979. The van der Waals surface area contributed by atoms with Crippen molar-refractivity contribution in [1.29, 1.82) is 0 Å². The first-order valence-electron chi connectivity index (χ1n) is 6.18. The van der Waals surface area contributed by atoms with Gasteiger partial charge in [0, 0.05) is 13.5 Å². The van der Waals surface area contributed by atoms with Crippen molar-refractivity contribution in [2.24, 2.45) is 5.73 Å². The molecular weight excluding hydrogens is 262 g/mol. The van der Waals surface area contributed by atoms with E-state index in [1.165, 1.54) is 12.1 Å². The van der Waals surface area contributed by atoms with Crippen LogP contribution in [0.4, 0.5) is 0 Å². The van der Waals surface area contributed by atoms with Crippen LogP contribution in [0.2, 0.25) is 0 Å². The number of rotatable bonds is 6. The van der Waals surface area contributed by atoms with Crippen molar-refractivity contribution in [2.45, 2.75) is 18.9 Å². The maximum atomic E-state index is 9.43. The Bertz CT molecular complexity index is 570. The van der Waals surface area contributed by atoms with Crippen molar-refractivity contribution in [2.75, 3.05) is 13.7 Å². The standard InChI is InChI=1S/C13H17N3O4/c1-19-5-4-12-15-13(20-16-12)9(14)6-8-2-3-10(17)11(18)7-8/h2-3,7,9,17-18H,4-6,14H2,1H3. The van der Waals surface area contributed by atoms with Gasteiger partial charge in [0.05, 0.1) is 12.6 Å². The fraction of sp³-hybridized carbons (Fsp3) is 0.385. The average Bonchev–Trinajstić information content (AvgIpc) is 2.89. The minimum atomic E-state index is -0.470. The Morgan fingerprint density at radius 3 is 2.85 bits per heavy atom. The van der Waals surface area contributed by atoms with Gasteiger partial charge in [-0.15, -0.1) is 0 Å². The predicted octanol–water partition coefficient (Wildman–Crippen LogP) is 0.912. The minimum absolute atomic E-state index is 0.165. The highest BCUT2D eigenvalue weighted by Crippen LogP contribution is 2.26. The molecule has 0 fully saturated rings. The third kappa shape index (κ3) is 3.46. The molecule has 0 bridgehead atoms. The molecule has 1 aromatic heterocycles. The minimum Gasteiger partial charge on any atom is -0.504 e. The van der Waals surface area contributed by atoms with E-state index in [0.29, 0.717) is 31.2 Å². The van der Waals surface area contributed by atoms with Crippen molar-refractivity contribution in [3.63, 3.8) is 0 Å². The van der Waals surface area contributed by atoms with E-state index in [4.69, 9.17) is 15.0 Å². The molecule has 0 amide bonds. The van der Waals surface area contributed by atoms with Crippen LogP contribution in [0.15, 0.2) is 22.7 Å². The molecule has 108 valence electrons. The summed E-state index contributed by atoms with van der Waals surface area (Å²) in [5, 5.41) is 22.5. The molecule has 1 heterocycles. The van der Waals surface area contributed by atoms with Gasteiger partial charge in [-0.25, -0.2) is 0 Å². The van der Waals surface area contributed by atoms with Crippen LogP contribution in [-0.2, 0) is 17.6 Å². The van der Waals surface area contributed by atoms with Crippen LogP contribution in [0.25, 0.3) is 0 Å². The largest absolute Gasteiger partial charge is 0.504 e. The zero-order valence-electron chi connectivity index (χ0n) is 11.1. The van der Waals surface area contributed by atoms with Crippen LogP contribution in [0.1, 0.15) is 23.3 Å². The first-order chi connectivity index (χ1) is 9.60. The fourth-order valence-electron chi connectivity index (χ4n) is 1.75. The summed E-state index contributed by atoms with van der Waals surface area (Å²) in [7, 11) is 1.60. The number of phenols is 2. The third-order valence-electron chi connectivity index (χ3n) is 2.83. The normalized spacial score (nSPS) is 12.5. The Kier molecular flexibility index (Phi) is 4.54. The second-order valence-electron chi connectivity index (χ2n) is 4.43. The molecule has 0 aliphatic rings. The monoisotopic (exact) mass is 279 g/mol. The summed E-state index contributed by atoms with van der Waals surface area (Å²) in [5.41, 5.74) is 6.75. The van der Waals surface area contributed by atoms with Gasteiger partial charge in [-0.3, -0.25) is 0 Å². The van der Waals surface area contributed by atoms with Gasteiger partial charge in [0.15, 0.2) is 17.3 Å². The number of aromatic hydroxyl groups is 2. The third-order valence-corrected chi connectivity index (χ3v) is 2.83. The van der Waals surface area contributed by atoms with Gasteiger partial charge >= 0.3 is 0 Å². The van der Waals surface area contributed by atoms with Crippen LogP contribution in [-0.4, -0.2) is 34.1 Å². The van der Waals surface area contributed by atoms with E-state index >= 15 is 0 Å². The molecular formula is C13H17N3O4. The lowest BCUT2D eigenvalue weighted by Gasteiger charge is -2.07. The molecule has 1 atom stereocenters. The molecule has 0 radical (unpaired) electrons. The summed E-state index contributed by atoms with van der Waals surface area (Å²) in [6, 6.07) is 4.08. The van der Waals surface area contributed by atoms with Gasteiger partial charge in [-0.2, -0.15) is 4.98 Å². The van der Waals surface area contributed by atoms with Gasteiger partial charge in [0.2, 0.25) is 5.89 Å². The highest BCUT2D eigenvalue weighted by atomic mass is 16.5. The summed E-state index contributed by atoms with van der Waals surface area (Å²) in [6.45, 7) is 0.514. The lowest BCUT2D eigenvalue weighted by molar-refractivity contribution is 0.199. The highest BCUT2D eigenvalue weighted by Gasteiger charge is 2.16. The molecule has 20 heavy (non-hydrogen) atoms. The van der Waals surface area contributed by atoms with Crippen molar-refractivity contribution >= 4 is 0 Å². The van der Waals surface area contributed by atoms with Gasteiger partial charge in [0.25, 0.3) is 0 Å². The van der Waals surface area contributed by atoms with Crippen LogP contribution in [0.3, 0.4) is 0 Å². The Labute approximate surface area is 116 Å². The molecule has 2 aromatic rings. The SMILES string of the molecule is COCCc1noc(C(N)Cc2ccc(O)c(O)c2)n1. The van der Waals surface area contributed by atoms with Gasteiger partial charge in [-0.1, -0.05) is 11.2 Å². The Morgan fingerprint density at radius 1 is 1.35 bits per heavy atom. The van der Waals surface area contributed by atoms with Gasteiger partial charge < -0.3 is 25.2 Å². The molecule has 4 N–H and O–H groups in total. The van der Waals surface area contributed by atoms with E-state index in [1.54, 1.807) is 13.2 Å². The zero-order valence-corrected chi connectivity index (χ0v) is 11.1. The number of nitrogens with two attached hydrogens (primary N) is 1. The summed E-state index contributed by atoms with van der Waals surface area (Å²) in [5.74, 6) is 0.539. The number of benzene rings is 1. The molecule has 0 aliphatic carbocycles. The van der Waals surface area contributed by atoms with Crippen molar-refractivity contribution in [1.82, 2.24) is 10.1 Å². The van der Waals surface area contributed by atoms with E-state index in [2.05, 4.69) is 10.1 Å². The molecule has 1 aromatic carbocycles. The molecule has 7 heteroatoms. The molecule has 0 spiro atoms. The van der Waals surface area contributed by atoms with Crippen LogP contribution in [0, 0.1) is 0 Å². The lowest BCUT2D eigenvalue weighted by Crippen LogP contribution is -2.14. The number of phenolic OH excluding ortho intramolecular Hbond substituents is 2. The number of hydrogen-bond acceptors (Lipinski definition) is 7. The zero-order chi connectivity index (χ0) is 14.5. The first-order valence-corrected chi connectivity index (χ1v) is 6.18. The smallest absolute Gasteiger partial charge is 0.243 e. The second kappa shape index (κ2) is 6.36. The molecule has 0 saturated heterocycles. The average molecular weight is 279 g/mol. The predicted molar refractivity (Wildman–Crippen MR) is 70.3 cm³/mol. The molecule has 0 aliphatic heterocycles. The van der Waals surface area contributed by atoms with E-state index in [-0.39, 0.29) is 11.5 Å². The number of nitrogens with zero attached hydrogens (tertiary/aromatic N) is 2. The van der Waals surface area contributed by atoms with Gasteiger partial charge in [-0.05, 0) is 24.1 Å². The maximum Gasteiger partial charge on any atom is 0.243 e. The quantitative estimate of drug-likeness (QED) is 0.673. The number of hydrogen-bond donors (Lipinski definition) is 3. The van der Waals surface area contributed by atoms with E-state index in [9.17, 15) is 10.2 Å². The van der Waals surface area contributed by atoms with Crippen molar-refractivity contribution in [3.05, 3.63) is 35.5 Å². The topological polar surface area (TPSA) is 115 Å². The van der Waals surface area contributed by atoms with E-state index < -0.39 is 6.04 Å². The lowest BCUT2D eigenvalue weighted by atomic mass is 10.1. The number of methoxy groups -OCH3 is 1. The summed E-state index contributed by atoms with van der Waals surface area (Å²) >= 11 is 0. The summed E-state index contributed by atoms with van der Waals surface area (Å²) < 4.78 is 10.0. The Balaban J connectivity index is 2.01. The van der Waals surface area contributed by atoms with Crippen molar-refractivity contribution < 1.29 is 19.5 Å².